The van der Waals surface area contributed by atoms with E-state index in [1.807, 2.05) is 24.3 Å². The normalized spacial score (nSPS) is 16.6. The van der Waals surface area contributed by atoms with Crippen LogP contribution in [0.4, 0.5) is 17.6 Å². The molecule has 4 aromatic rings. The van der Waals surface area contributed by atoms with Gasteiger partial charge in [0.2, 0.25) is 5.95 Å². The average Bonchev–Trinajstić information content (AvgIpc) is 3.51. The average molecular weight is 581 g/mol. The molecule has 3 heterocycles. The second-order valence-electron chi connectivity index (χ2n) is 9.92. The van der Waals surface area contributed by atoms with Crippen molar-refractivity contribution >= 4 is 51.4 Å². The van der Waals surface area contributed by atoms with Crippen molar-refractivity contribution in [3.8, 4) is 0 Å². The smallest absolute Gasteiger partial charge is 0.318 e. The summed E-state index contributed by atoms with van der Waals surface area (Å²) in [6.45, 7) is 0. The lowest BCUT2D eigenvalue weighted by Gasteiger charge is -2.31. The molecule has 0 unspecified atom stereocenters. The van der Waals surface area contributed by atoms with Gasteiger partial charge in [-0.15, -0.1) is 0 Å². The minimum absolute atomic E-state index is 0.00545. The zero-order valence-corrected chi connectivity index (χ0v) is 22.1. The van der Waals surface area contributed by atoms with E-state index in [0.717, 1.165) is 42.7 Å². The number of allylic oxidation sites excluding steroid dienone is 2. The molecule has 0 bridgehead atoms. The maximum absolute atomic E-state index is 14.5. The zero-order chi connectivity index (χ0) is 28.7. The van der Waals surface area contributed by atoms with E-state index in [9.17, 15) is 22.4 Å². The van der Waals surface area contributed by atoms with Gasteiger partial charge in [-0.3, -0.25) is 10.1 Å². The van der Waals surface area contributed by atoms with Crippen molar-refractivity contribution in [2.24, 2.45) is 11.1 Å². The fraction of sp³-hybridized carbons (Fsp3) is 0.200. The van der Waals surface area contributed by atoms with Gasteiger partial charge in [0.05, 0.1) is 39.3 Å². The van der Waals surface area contributed by atoms with E-state index in [1.54, 1.807) is 30.4 Å². The Kier molecular flexibility index (Phi) is 6.94. The molecule has 1 saturated carbocycles. The van der Waals surface area contributed by atoms with Crippen LogP contribution in [-0.4, -0.2) is 26.9 Å². The number of carbonyl (C=O) groups is 1. The van der Waals surface area contributed by atoms with Crippen molar-refractivity contribution < 1.29 is 27.2 Å². The van der Waals surface area contributed by atoms with Crippen LogP contribution in [0.2, 0.25) is 5.02 Å². The molecule has 6 nitrogen and oxygen atoms in total. The molecular formula is C30H21ClF4N4O2. The third-order valence-electron chi connectivity index (χ3n) is 7.26. The standard InChI is InChI=1S/C30H21ClF4N4O2/c31-23-13-20(30(33,34)35)15-36-28(23)27(17-2-1-3-17)26(19-9-11-24-22(12-19)29(32)38-37-24)18-7-4-16(5-8-18)6-10-21-14-25(40)41-39-21/h4-13,15,17H,1-3,14H2,(H,37,38)/b10-6+,27-26+. The largest absolute Gasteiger partial charge is 0.417 e. The Morgan fingerprint density at radius 1 is 1.05 bits per heavy atom. The number of aromatic amines is 1. The van der Waals surface area contributed by atoms with Gasteiger partial charge in [0.1, 0.15) is 0 Å². The molecular weight excluding hydrogens is 560 g/mol. The Morgan fingerprint density at radius 2 is 1.80 bits per heavy atom. The molecule has 0 spiro atoms. The zero-order valence-electron chi connectivity index (χ0n) is 21.3. The Morgan fingerprint density at radius 3 is 2.44 bits per heavy atom. The number of alkyl halides is 3. The van der Waals surface area contributed by atoms with Crippen molar-refractivity contribution in [3.63, 3.8) is 0 Å². The first-order valence-electron chi connectivity index (χ1n) is 12.8. The first-order chi connectivity index (χ1) is 19.7. The minimum atomic E-state index is -4.59. The Hall–Kier alpha value is -4.31. The van der Waals surface area contributed by atoms with E-state index in [2.05, 4.69) is 25.2 Å². The van der Waals surface area contributed by atoms with E-state index in [0.29, 0.717) is 27.9 Å². The molecule has 208 valence electrons. The number of nitrogens with zero attached hydrogens (tertiary/aromatic N) is 3. The molecule has 0 radical (unpaired) electrons. The third kappa shape index (κ3) is 5.39. The summed E-state index contributed by atoms with van der Waals surface area (Å²) in [5, 5.41) is 10.2. The summed E-state index contributed by atoms with van der Waals surface area (Å²) < 4.78 is 54.8. The van der Waals surface area contributed by atoms with Crippen LogP contribution in [0.5, 0.6) is 0 Å². The lowest BCUT2D eigenvalue weighted by Crippen LogP contribution is -2.17. The number of H-pyrrole nitrogens is 1. The number of fused-ring (bicyclic) bond motifs is 1. The number of hydrogen-bond donors (Lipinski definition) is 1. The number of rotatable bonds is 6. The number of hydrogen-bond acceptors (Lipinski definition) is 5. The molecule has 6 rings (SSSR count). The first kappa shape index (κ1) is 26.9. The second-order valence-corrected chi connectivity index (χ2v) is 10.3. The van der Waals surface area contributed by atoms with Crippen LogP contribution in [0.25, 0.3) is 28.1 Å². The molecule has 0 amide bonds. The number of carbonyl (C=O) groups excluding carboxylic acids is 1. The van der Waals surface area contributed by atoms with Gasteiger partial charge in [-0.05, 0) is 70.9 Å². The van der Waals surface area contributed by atoms with Crippen LogP contribution >= 0.6 is 11.6 Å². The van der Waals surface area contributed by atoms with Gasteiger partial charge < -0.3 is 4.84 Å². The maximum atomic E-state index is 14.5. The van der Waals surface area contributed by atoms with Crippen LogP contribution in [0.15, 0.2) is 66.0 Å². The van der Waals surface area contributed by atoms with E-state index in [1.165, 1.54) is 0 Å². The van der Waals surface area contributed by atoms with Crippen LogP contribution in [-0.2, 0) is 15.8 Å². The summed E-state index contributed by atoms with van der Waals surface area (Å²) in [4.78, 5) is 20.1. The van der Waals surface area contributed by atoms with Gasteiger partial charge in [0.15, 0.2) is 0 Å². The summed E-state index contributed by atoms with van der Waals surface area (Å²) in [5.74, 6) is -1.01. The molecule has 41 heavy (non-hydrogen) atoms. The third-order valence-corrected chi connectivity index (χ3v) is 7.55. The molecule has 2 aromatic carbocycles. The van der Waals surface area contributed by atoms with Gasteiger partial charge >= 0.3 is 12.1 Å². The fourth-order valence-corrected chi connectivity index (χ4v) is 5.25. The van der Waals surface area contributed by atoms with E-state index in [-0.39, 0.29) is 28.4 Å². The van der Waals surface area contributed by atoms with Crippen LogP contribution < -0.4 is 0 Å². The predicted molar refractivity (Wildman–Crippen MR) is 147 cm³/mol. The number of benzene rings is 2. The number of oxime groups is 1. The number of aromatic nitrogens is 3. The van der Waals surface area contributed by atoms with Crippen LogP contribution in [0, 0.1) is 11.9 Å². The van der Waals surface area contributed by atoms with Crippen molar-refractivity contribution in [3.05, 3.63) is 99.7 Å². The SMILES string of the molecule is O=C1CC(/C=C/c2ccc(/C(=C(\c3ncc(C(F)(F)F)cc3Cl)C3CCC3)c3ccc4n[nH]c(F)c4c3)cc2)=NO1. The summed E-state index contributed by atoms with van der Waals surface area (Å²) in [7, 11) is 0. The summed E-state index contributed by atoms with van der Waals surface area (Å²) in [5.41, 5.74) is 3.90. The number of pyridine rings is 1. The Bertz CT molecular complexity index is 1750. The molecule has 0 atom stereocenters. The topological polar surface area (TPSA) is 80.2 Å². The molecule has 2 aliphatic rings. The Balaban J connectivity index is 1.51. The minimum Gasteiger partial charge on any atom is -0.318 e. The first-order valence-corrected chi connectivity index (χ1v) is 13.2. The number of nitrogens with one attached hydrogen (secondary N) is 1. The molecule has 1 fully saturated rings. The van der Waals surface area contributed by atoms with Gasteiger partial charge in [0, 0.05) is 6.20 Å². The fourth-order valence-electron chi connectivity index (χ4n) is 4.98. The molecule has 2 aromatic heterocycles. The van der Waals surface area contributed by atoms with Crippen molar-refractivity contribution in [2.45, 2.75) is 31.9 Å². The van der Waals surface area contributed by atoms with Crippen LogP contribution in [0.3, 0.4) is 0 Å². The Labute approximate surface area is 236 Å². The van der Waals surface area contributed by atoms with Gasteiger partial charge in [0.25, 0.3) is 0 Å². The predicted octanol–water partition coefficient (Wildman–Crippen LogP) is 7.84. The summed E-state index contributed by atoms with van der Waals surface area (Å²) >= 11 is 6.49. The molecule has 0 saturated heterocycles. The highest BCUT2D eigenvalue weighted by Gasteiger charge is 2.34. The van der Waals surface area contributed by atoms with Crippen molar-refractivity contribution in [1.82, 2.24) is 15.2 Å². The summed E-state index contributed by atoms with van der Waals surface area (Å²) in [6, 6.07) is 13.5. The van der Waals surface area contributed by atoms with E-state index >= 15 is 0 Å². The monoisotopic (exact) mass is 580 g/mol. The molecule has 1 aliphatic heterocycles. The quantitative estimate of drug-likeness (QED) is 0.186. The van der Waals surface area contributed by atoms with E-state index in [4.69, 9.17) is 11.6 Å². The second kappa shape index (κ2) is 10.6. The highest BCUT2D eigenvalue weighted by atomic mass is 35.5. The van der Waals surface area contributed by atoms with Crippen LogP contribution in [0.1, 0.15) is 53.6 Å². The molecule has 11 heteroatoms. The summed E-state index contributed by atoms with van der Waals surface area (Å²) in [6.07, 6.45) is 2.36. The van der Waals surface area contributed by atoms with Gasteiger partial charge in [-0.25, -0.2) is 4.79 Å². The van der Waals surface area contributed by atoms with Gasteiger partial charge in [-0.1, -0.05) is 59.6 Å². The highest BCUT2D eigenvalue weighted by Crippen LogP contribution is 2.47. The maximum Gasteiger partial charge on any atom is 0.417 e. The van der Waals surface area contributed by atoms with Crippen molar-refractivity contribution in [2.75, 3.05) is 0 Å². The van der Waals surface area contributed by atoms with Gasteiger partial charge in [-0.2, -0.15) is 22.7 Å². The number of halogens is 5. The lowest BCUT2D eigenvalue weighted by atomic mass is 9.74. The highest BCUT2D eigenvalue weighted by molar-refractivity contribution is 6.32. The lowest BCUT2D eigenvalue weighted by molar-refractivity contribution is -0.140. The van der Waals surface area contributed by atoms with E-state index < -0.39 is 23.7 Å². The van der Waals surface area contributed by atoms with Crippen molar-refractivity contribution in [1.29, 1.82) is 0 Å². The molecule has 1 aliphatic carbocycles. The molecule has 1 N–H and O–H groups in total.